The van der Waals surface area contributed by atoms with Crippen LogP contribution < -0.4 is 10.2 Å². The molecule has 7 heteroatoms. The van der Waals surface area contributed by atoms with Crippen molar-refractivity contribution in [2.45, 2.75) is 0 Å². The second kappa shape index (κ2) is 6.64. The number of hydrogen-bond donors (Lipinski definition) is 3. The standard InChI is InChI=1S/C17H14ClN3O3/c1-24-11-6-7-14(22)10(8-11)9-19-21-17(23)16-15(18)12-4-2-3-5-13(12)20-16/h2-9,20,22H,1H3,(H,21,23)/b19-9-. The minimum Gasteiger partial charge on any atom is -0.507 e. The summed E-state index contributed by atoms with van der Waals surface area (Å²) in [5, 5.41) is 14.7. The van der Waals surface area contributed by atoms with Crippen molar-refractivity contribution in [1.29, 1.82) is 0 Å². The Bertz CT molecular complexity index is 934. The van der Waals surface area contributed by atoms with Crippen molar-refractivity contribution >= 4 is 34.6 Å². The number of amides is 1. The van der Waals surface area contributed by atoms with Crippen molar-refractivity contribution in [1.82, 2.24) is 10.4 Å². The van der Waals surface area contributed by atoms with Crippen LogP contribution in [0.25, 0.3) is 10.9 Å². The summed E-state index contributed by atoms with van der Waals surface area (Å²) in [7, 11) is 1.52. The van der Waals surface area contributed by atoms with E-state index in [0.717, 1.165) is 10.9 Å². The van der Waals surface area contributed by atoms with Crippen LogP contribution in [0.5, 0.6) is 11.5 Å². The summed E-state index contributed by atoms with van der Waals surface area (Å²) in [5.41, 5.74) is 3.78. The van der Waals surface area contributed by atoms with Gasteiger partial charge >= 0.3 is 0 Å². The van der Waals surface area contributed by atoms with Crippen molar-refractivity contribution in [2.75, 3.05) is 7.11 Å². The fourth-order valence-corrected chi connectivity index (χ4v) is 2.54. The number of hydrogen-bond acceptors (Lipinski definition) is 4. The highest BCUT2D eigenvalue weighted by Crippen LogP contribution is 2.27. The molecule has 0 radical (unpaired) electrons. The van der Waals surface area contributed by atoms with E-state index >= 15 is 0 Å². The van der Waals surface area contributed by atoms with Gasteiger partial charge < -0.3 is 14.8 Å². The first-order chi connectivity index (χ1) is 11.6. The highest BCUT2D eigenvalue weighted by molar-refractivity contribution is 6.38. The van der Waals surface area contributed by atoms with Gasteiger partial charge in [0.25, 0.3) is 5.91 Å². The molecule has 0 aliphatic heterocycles. The van der Waals surface area contributed by atoms with E-state index in [4.69, 9.17) is 16.3 Å². The number of carbonyl (C=O) groups is 1. The number of H-pyrrole nitrogens is 1. The van der Waals surface area contributed by atoms with Gasteiger partial charge in [-0.15, -0.1) is 0 Å². The van der Waals surface area contributed by atoms with E-state index in [2.05, 4.69) is 15.5 Å². The lowest BCUT2D eigenvalue weighted by atomic mass is 10.2. The number of ether oxygens (including phenoxy) is 1. The second-order valence-electron chi connectivity index (χ2n) is 4.98. The number of aromatic hydroxyl groups is 1. The van der Waals surface area contributed by atoms with E-state index in [1.54, 1.807) is 12.1 Å². The van der Waals surface area contributed by atoms with Crippen molar-refractivity contribution in [3.63, 3.8) is 0 Å². The Labute approximate surface area is 142 Å². The lowest BCUT2D eigenvalue weighted by Gasteiger charge is -2.03. The molecule has 0 aliphatic rings. The Morgan fingerprint density at radius 3 is 2.88 bits per heavy atom. The number of rotatable bonds is 4. The van der Waals surface area contributed by atoms with Crippen LogP contribution in [-0.2, 0) is 0 Å². The first kappa shape index (κ1) is 15.9. The van der Waals surface area contributed by atoms with Crippen molar-refractivity contribution in [3.05, 3.63) is 58.7 Å². The molecule has 0 fully saturated rings. The molecule has 1 amide bonds. The van der Waals surface area contributed by atoms with Gasteiger partial charge in [-0.25, -0.2) is 5.43 Å². The maximum absolute atomic E-state index is 12.2. The topological polar surface area (TPSA) is 86.7 Å². The summed E-state index contributed by atoms with van der Waals surface area (Å²) < 4.78 is 5.07. The fourth-order valence-electron chi connectivity index (χ4n) is 2.24. The number of halogens is 1. The highest BCUT2D eigenvalue weighted by atomic mass is 35.5. The molecular formula is C17H14ClN3O3. The van der Waals surface area contributed by atoms with Crippen LogP contribution in [0.3, 0.4) is 0 Å². The van der Waals surface area contributed by atoms with Gasteiger partial charge in [0.05, 0.1) is 18.3 Å². The van der Waals surface area contributed by atoms with Crippen LogP contribution in [0.1, 0.15) is 16.1 Å². The molecule has 0 aliphatic carbocycles. The van der Waals surface area contributed by atoms with Crippen molar-refractivity contribution in [2.24, 2.45) is 5.10 Å². The van der Waals surface area contributed by atoms with Gasteiger partial charge in [-0.3, -0.25) is 4.79 Å². The highest BCUT2D eigenvalue weighted by Gasteiger charge is 2.15. The number of aromatic nitrogens is 1. The molecule has 1 aromatic heterocycles. The van der Waals surface area contributed by atoms with Crippen LogP contribution in [0.15, 0.2) is 47.6 Å². The van der Waals surface area contributed by atoms with E-state index in [1.165, 1.54) is 19.4 Å². The monoisotopic (exact) mass is 343 g/mol. The zero-order valence-electron chi connectivity index (χ0n) is 12.7. The molecule has 0 spiro atoms. The third-order valence-corrected chi connectivity index (χ3v) is 3.87. The van der Waals surface area contributed by atoms with Gasteiger partial charge in [0.1, 0.15) is 17.2 Å². The number of carbonyl (C=O) groups excluding carboxylic acids is 1. The second-order valence-corrected chi connectivity index (χ2v) is 5.36. The lowest BCUT2D eigenvalue weighted by molar-refractivity contribution is 0.0951. The van der Waals surface area contributed by atoms with Gasteiger partial charge in [-0.2, -0.15) is 5.10 Å². The molecular weight excluding hydrogens is 330 g/mol. The number of hydrazone groups is 1. The quantitative estimate of drug-likeness (QED) is 0.502. The normalized spacial score (nSPS) is 11.1. The molecule has 3 aromatic rings. The molecule has 122 valence electrons. The van der Waals surface area contributed by atoms with Gasteiger partial charge in [0, 0.05) is 16.5 Å². The molecule has 3 rings (SSSR count). The number of fused-ring (bicyclic) bond motifs is 1. The maximum Gasteiger partial charge on any atom is 0.289 e. The summed E-state index contributed by atoms with van der Waals surface area (Å²) in [6.45, 7) is 0. The molecule has 0 bridgehead atoms. The number of nitrogens with zero attached hydrogens (tertiary/aromatic N) is 1. The van der Waals surface area contributed by atoms with Crippen LogP contribution in [-0.4, -0.2) is 29.3 Å². The fraction of sp³-hybridized carbons (Fsp3) is 0.0588. The van der Waals surface area contributed by atoms with Gasteiger partial charge in [0.2, 0.25) is 0 Å². The maximum atomic E-state index is 12.2. The Kier molecular flexibility index (Phi) is 4.39. The molecule has 0 saturated heterocycles. The van der Waals surface area contributed by atoms with E-state index in [-0.39, 0.29) is 11.4 Å². The van der Waals surface area contributed by atoms with Gasteiger partial charge in [0.15, 0.2) is 0 Å². The van der Waals surface area contributed by atoms with E-state index in [1.807, 2.05) is 24.3 Å². The summed E-state index contributed by atoms with van der Waals surface area (Å²) in [4.78, 5) is 15.2. The number of nitrogens with one attached hydrogen (secondary N) is 2. The zero-order valence-corrected chi connectivity index (χ0v) is 13.5. The number of phenols is 1. The molecule has 3 N–H and O–H groups in total. The summed E-state index contributed by atoms with van der Waals surface area (Å²) in [6, 6.07) is 12.0. The Balaban J connectivity index is 1.78. The molecule has 2 aromatic carbocycles. The molecule has 0 unspecified atom stereocenters. The van der Waals surface area contributed by atoms with Crippen molar-refractivity contribution < 1.29 is 14.6 Å². The zero-order chi connectivity index (χ0) is 17.1. The van der Waals surface area contributed by atoms with Gasteiger partial charge in [-0.1, -0.05) is 29.8 Å². The SMILES string of the molecule is COc1ccc(O)c(/C=N\NC(=O)c2[nH]c3ccccc3c2Cl)c1. The smallest absolute Gasteiger partial charge is 0.289 e. The van der Waals surface area contributed by atoms with Crippen molar-refractivity contribution in [3.8, 4) is 11.5 Å². The lowest BCUT2D eigenvalue weighted by Crippen LogP contribution is -2.18. The predicted molar refractivity (Wildman–Crippen MR) is 93.0 cm³/mol. The Hall–Kier alpha value is -2.99. The number of aromatic amines is 1. The Morgan fingerprint density at radius 1 is 1.33 bits per heavy atom. The summed E-state index contributed by atoms with van der Waals surface area (Å²) >= 11 is 6.21. The molecule has 6 nitrogen and oxygen atoms in total. The van der Waals surface area contributed by atoms with Gasteiger partial charge in [-0.05, 0) is 24.3 Å². The first-order valence-corrected chi connectivity index (χ1v) is 7.44. The molecule has 24 heavy (non-hydrogen) atoms. The predicted octanol–water partition coefficient (Wildman–Crippen LogP) is 3.30. The third kappa shape index (κ3) is 3.04. The average Bonchev–Trinajstić information content (AvgIpc) is 2.94. The minimum atomic E-state index is -0.477. The summed E-state index contributed by atoms with van der Waals surface area (Å²) in [6.07, 6.45) is 1.33. The third-order valence-electron chi connectivity index (χ3n) is 3.47. The van der Waals surface area contributed by atoms with Crippen LogP contribution in [0.2, 0.25) is 5.02 Å². The van der Waals surface area contributed by atoms with E-state index < -0.39 is 5.91 Å². The van der Waals surface area contributed by atoms with Crippen LogP contribution >= 0.6 is 11.6 Å². The average molecular weight is 344 g/mol. The van der Waals surface area contributed by atoms with Crippen LogP contribution in [0.4, 0.5) is 0 Å². The number of para-hydroxylation sites is 1. The first-order valence-electron chi connectivity index (χ1n) is 7.06. The van der Waals surface area contributed by atoms with E-state index in [9.17, 15) is 9.90 Å². The largest absolute Gasteiger partial charge is 0.507 e. The summed E-state index contributed by atoms with van der Waals surface area (Å²) in [5.74, 6) is 0.117. The number of benzene rings is 2. The molecule has 1 heterocycles. The van der Waals surface area contributed by atoms with Crippen LogP contribution in [0, 0.1) is 0 Å². The molecule has 0 atom stereocenters. The number of methoxy groups -OCH3 is 1. The molecule has 0 saturated carbocycles. The minimum absolute atomic E-state index is 0.0254. The Morgan fingerprint density at radius 2 is 2.12 bits per heavy atom. The number of phenolic OH excluding ortho intramolecular Hbond substituents is 1. The van der Waals surface area contributed by atoms with E-state index in [0.29, 0.717) is 16.3 Å².